The molecule has 1 aliphatic heterocycles. The second-order valence-corrected chi connectivity index (χ2v) is 3.74. The molecule has 0 fully saturated rings. The molecule has 0 spiro atoms. The lowest BCUT2D eigenvalue weighted by Crippen LogP contribution is -2.14. The Bertz CT molecular complexity index is 389. The van der Waals surface area contributed by atoms with Crippen LogP contribution in [0.15, 0.2) is 16.6 Å². The fourth-order valence-corrected chi connectivity index (χ4v) is 1.84. The van der Waals surface area contributed by atoms with Crippen LogP contribution in [0.25, 0.3) is 0 Å². The van der Waals surface area contributed by atoms with Gasteiger partial charge in [-0.25, -0.2) is 4.39 Å². The maximum atomic E-state index is 12.9. The summed E-state index contributed by atoms with van der Waals surface area (Å²) in [5, 5.41) is 0. The van der Waals surface area contributed by atoms with E-state index in [-0.39, 0.29) is 5.78 Å². The van der Waals surface area contributed by atoms with Gasteiger partial charge in [0.2, 0.25) is 5.78 Å². The highest BCUT2D eigenvalue weighted by Crippen LogP contribution is 2.36. The van der Waals surface area contributed by atoms with E-state index in [1.807, 2.05) is 0 Å². The Kier molecular flexibility index (Phi) is 1.87. The van der Waals surface area contributed by atoms with E-state index < -0.39 is 11.9 Å². The topological polar surface area (TPSA) is 26.3 Å². The molecule has 1 aromatic rings. The molecule has 2 rings (SSSR count). The van der Waals surface area contributed by atoms with Crippen molar-refractivity contribution >= 4 is 21.7 Å². The summed E-state index contributed by atoms with van der Waals surface area (Å²) >= 11 is 3.14. The van der Waals surface area contributed by atoms with E-state index in [4.69, 9.17) is 4.74 Å². The number of fused-ring (bicyclic) bond motifs is 1. The average Bonchev–Trinajstić information content (AvgIpc) is 2.32. The zero-order valence-corrected chi connectivity index (χ0v) is 8.39. The fourth-order valence-electron chi connectivity index (χ4n) is 1.31. The standard InChI is InChI=1S/C9H6BrFO2/c1-4-8(12)6-2-5(11)3-7(10)9(6)13-4/h2-4H,1H3. The van der Waals surface area contributed by atoms with Crippen LogP contribution < -0.4 is 4.74 Å². The normalized spacial score (nSPS) is 19.9. The molecular formula is C9H6BrFO2. The van der Waals surface area contributed by atoms with E-state index in [0.29, 0.717) is 15.8 Å². The summed E-state index contributed by atoms with van der Waals surface area (Å²) in [7, 11) is 0. The van der Waals surface area contributed by atoms with Gasteiger partial charge >= 0.3 is 0 Å². The van der Waals surface area contributed by atoms with Crippen molar-refractivity contribution in [2.24, 2.45) is 0 Å². The average molecular weight is 245 g/mol. The zero-order chi connectivity index (χ0) is 9.59. The minimum absolute atomic E-state index is 0.171. The van der Waals surface area contributed by atoms with Crippen molar-refractivity contribution in [3.05, 3.63) is 28.0 Å². The second kappa shape index (κ2) is 2.80. The summed E-state index contributed by atoms with van der Waals surface area (Å²) in [4.78, 5) is 11.4. The van der Waals surface area contributed by atoms with E-state index in [1.165, 1.54) is 12.1 Å². The number of Topliss-reactive ketones (excluding diaryl/α,β-unsaturated/α-hetero) is 1. The number of hydrogen-bond donors (Lipinski definition) is 0. The summed E-state index contributed by atoms with van der Waals surface area (Å²) in [6.45, 7) is 1.65. The van der Waals surface area contributed by atoms with Gasteiger partial charge in [0.25, 0.3) is 0 Å². The highest BCUT2D eigenvalue weighted by atomic mass is 79.9. The maximum absolute atomic E-state index is 12.9. The molecule has 4 heteroatoms. The van der Waals surface area contributed by atoms with Gasteiger partial charge in [0.1, 0.15) is 11.6 Å². The Morgan fingerprint density at radius 2 is 2.23 bits per heavy atom. The number of rotatable bonds is 0. The lowest BCUT2D eigenvalue weighted by Gasteiger charge is -2.02. The van der Waals surface area contributed by atoms with Crippen LogP contribution in [0.4, 0.5) is 4.39 Å². The van der Waals surface area contributed by atoms with E-state index in [2.05, 4.69) is 15.9 Å². The number of halogens is 2. The Morgan fingerprint density at radius 1 is 1.54 bits per heavy atom. The van der Waals surface area contributed by atoms with Crippen LogP contribution >= 0.6 is 15.9 Å². The Labute approximate surface area is 82.8 Å². The number of ketones is 1. The summed E-state index contributed by atoms with van der Waals surface area (Å²) < 4.78 is 18.6. The van der Waals surface area contributed by atoms with Crippen LogP contribution in [-0.4, -0.2) is 11.9 Å². The fraction of sp³-hybridized carbons (Fsp3) is 0.222. The number of hydrogen-bond acceptors (Lipinski definition) is 2. The van der Waals surface area contributed by atoms with Gasteiger partial charge in [-0.05, 0) is 35.0 Å². The van der Waals surface area contributed by atoms with E-state index in [9.17, 15) is 9.18 Å². The van der Waals surface area contributed by atoms with Crippen LogP contribution in [0.2, 0.25) is 0 Å². The van der Waals surface area contributed by atoms with Gasteiger partial charge in [0.05, 0.1) is 10.0 Å². The van der Waals surface area contributed by atoms with Crippen LogP contribution in [0.3, 0.4) is 0 Å². The summed E-state index contributed by atoms with van der Waals surface area (Å²) in [5.74, 6) is -0.161. The van der Waals surface area contributed by atoms with Crippen molar-refractivity contribution in [3.8, 4) is 5.75 Å². The van der Waals surface area contributed by atoms with Crippen LogP contribution in [-0.2, 0) is 0 Å². The number of carbonyl (C=O) groups is 1. The molecule has 1 heterocycles. The molecular weight excluding hydrogens is 239 g/mol. The number of benzene rings is 1. The Hall–Kier alpha value is -0.900. The van der Waals surface area contributed by atoms with Crippen LogP contribution in [0.1, 0.15) is 17.3 Å². The zero-order valence-electron chi connectivity index (χ0n) is 6.80. The first-order valence-corrected chi connectivity index (χ1v) is 4.59. The molecule has 0 bridgehead atoms. The number of ether oxygens (including phenoxy) is 1. The largest absolute Gasteiger partial charge is 0.481 e. The van der Waals surface area contributed by atoms with Crippen molar-refractivity contribution in [1.29, 1.82) is 0 Å². The molecule has 0 radical (unpaired) electrons. The molecule has 0 amide bonds. The maximum Gasteiger partial charge on any atom is 0.206 e. The molecule has 0 saturated carbocycles. The van der Waals surface area contributed by atoms with Gasteiger partial charge in [-0.15, -0.1) is 0 Å². The Morgan fingerprint density at radius 3 is 2.92 bits per heavy atom. The predicted octanol–water partition coefficient (Wildman–Crippen LogP) is 2.55. The van der Waals surface area contributed by atoms with Gasteiger partial charge in [-0.2, -0.15) is 0 Å². The smallest absolute Gasteiger partial charge is 0.206 e. The molecule has 1 atom stereocenters. The summed E-state index contributed by atoms with van der Waals surface area (Å²) in [6.07, 6.45) is -0.506. The highest BCUT2D eigenvalue weighted by molar-refractivity contribution is 9.10. The highest BCUT2D eigenvalue weighted by Gasteiger charge is 2.30. The van der Waals surface area contributed by atoms with Gasteiger partial charge in [0, 0.05) is 0 Å². The molecule has 0 aliphatic carbocycles. The van der Waals surface area contributed by atoms with E-state index in [1.54, 1.807) is 6.92 Å². The first-order valence-electron chi connectivity index (χ1n) is 3.79. The number of carbonyl (C=O) groups excluding carboxylic acids is 1. The van der Waals surface area contributed by atoms with Crippen molar-refractivity contribution in [1.82, 2.24) is 0 Å². The van der Waals surface area contributed by atoms with Crippen molar-refractivity contribution in [3.63, 3.8) is 0 Å². The molecule has 1 aliphatic rings. The lowest BCUT2D eigenvalue weighted by molar-refractivity contribution is 0.0878. The quantitative estimate of drug-likeness (QED) is 0.702. The van der Waals surface area contributed by atoms with Crippen molar-refractivity contribution in [2.75, 3.05) is 0 Å². The molecule has 13 heavy (non-hydrogen) atoms. The minimum atomic E-state index is -0.506. The summed E-state index contributed by atoms with van der Waals surface area (Å²) in [6, 6.07) is 2.48. The van der Waals surface area contributed by atoms with Gasteiger partial charge in [-0.3, -0.25) is 4.79 Å². The van der Waals surface area contributed by atoms with E-state index >= 15 is 0 Å². The monoisotopic (exact) mass is 244 g/mol. The van der Waals surface area contributed by atoms with E-state index in [0.717, 1.165) is 0 Å². The molecule has 2 nitrogen and oxygen atoms in total. The Balaban J connectivity index is 2.64. The van der Waals surface area contributed by atoms with Crippen LogP contribution in [0, 0.1) is 5.82 Å². The second-order valence-electron chi connectivity index (χ2n) is 2.89. The third-order valence-electron chi connectivity index (χ3n) is 1.94. The molecule has 0 aromatic heterocycles. The molecule has 68 valence electrons. The third-order valence-corrected chi connectivity index (χ3v) is 2.53. The van der Waals surface area contributed by atoms with Crippen molar-refractivity contribution < 1.29 is 13.9 Å². The predicted molar refractivity (Wildman–Crippen MR) is 48.5 cm³/mol. The summed E-state index contributed by atoms with van der Waals surface area (Å²) in [5.41, 5.74) is 0.319. The van der Waals surface area contributed by atoms with Crippen molar-refractivity contribution in [2.45, 2.75) is 13.0 Å². The SMILES string of the molecule is CC1Oc2c(Br)cc(F)cc2C1=O. The third kappa shape index (κ3) is 1.25. The molecule has 0 saturated heterocycles. The van der Waals surface area contributed by atoms with Gasteiger partial charge in [-0.1, -0.05) is 0 Å². The van der Waals surface area contributed by atoms with Gasteiger partial charge < -0.3 is 4.74 Å². The molecule has 0 N–H and O–H groups in total. The first kappa shape index (κ1) is 8.69. The minimum Gasteiger partial charge on any atom is -0.481 e. The molecule has 1 aromatic carbocycles. The first-order chi connectivity index (χ1) is 6.09. The molecule has 1 unspecified atom stereocenters. The van der Waals surface area contributed by atoms with Crippen LogP contribution in [0.5, 0.6) is 5.75 Å². The lowest BCUT2D eigenvalue weighted by atomic mass is 10.1. The van der Waals surface area contributed by atoms with Gasteiger partial charge in [0.15, 0.2) is 6.10 Å².